The fraction of sp³-hybridized carbons (Fsp3) is 0.636. The molecule has 92 valence electrons. The van der Waals surface area contributed by atoms with Crippen molar-refractivity contribution in [1.29, 1.82) is 0 Å². The van der Waals surface area contributed by atoms with Gasteiger partial charge in [-0.1, -0.05) is 6.07 Å². The van der Waals surface area contributed by atoms with Crippen LogP contribution in [0.2, 0.25) is 0 Å². The Morgan fingerprint density at radius 2 is 2.38 bits per heavy atom. The largest absolute Gasteiger partial charge is 0.389 e. The van der Waals surface area contributed by atoms with Gasteiger partial charge < -0.3 is 19.9 Å². The average Bonchev–Trinajstić information content (AvgIpc) is 2.77. The molecule has 1 heterocycles. The Morgan fingerprint density at radius 1 is 1.50 bits per heavy atom. The normalized spacial score (nSPS) is 12.9. The summed E-state index contributed by atoms with van der Waals surface area (Å²) in [4.78, 5) is 1.27. The maximum Gasteiger partial charge on any atom is 0.0897 e. The van der Waals surface area contributed by atoms with Crippen molar-refractivity contribution in [3.05, 3.63) is 22.4 Å². The molecule has 0 amide bonds. The van der Waals surface area contributed by atoms with Crippen LogP contribution < -0.4 is 5.32 Å². The number of ether oxygens (including phenoxy) is 2. The minimum Gasteiger partial charge on any atom is -0.389 e. The molecule has 5 heteroatoms. The van der Waals surface area contributed by atoms with Crippen LogP contribution >= 0.6 is 11.3 Å². The molecular formula is C11H19NO3S. The number of hydrogen-bond donors (Lipinski definition) is 2. The molecule has 0 aromatic carbocycles. The second-order valence-corrected chi connectivity index (χ2v) is 4.46. The molecule has 1 rings (SSSR count). The van der Waals surface area contributed by atoms with E-state index in [4.69, 9.17) is 9.47 Å². The minimum absolute atomic E-state index is 0.348. The monoisotopic (exact) mass is 245 g/mol. The third kappa shape index (κ3) is 6.19. The van der Waals surface area contributed by atoms with Crippen molar-refractivity contribution in [3.8, 4) is 0 Å². The Bertz CT molecular complexity index is 254. The van der Waals surface area contributed by atoms with Gasteiger partial charge in [0.25, 0.3) is 0 Å². The Morgan fingerprint density at radius 3 is 3.06 bits per heavy atom. The lowest BCUT2D eigenvalue weighted by Crippen LogP contribution is -2.30. The third-order valence-electron chi connectivity index (χ3n) is 2.00. The SMILES string of the molecule is COCCOCC(O)CNCc1cccs1. The molecule has 0 saturated heterocycles. The zero-order valence-electron chi connectivity index (χ0n) is 9.52. The van der Waals surface area contributed by atoms with E-state index in [9.17, 15) is 5.11 Å². The van der Waals surface area contributed by atoms with Gasteiger partial charge in [-0.25, -0.2) is 0 Å². The highest BCUT2D eigenvalue weighted by Gasteiger charge is 2.03. The summed E-state index contributed by atoms with van der Waals surface area (Å²) >= 11 is 1.71. The molecular weight excluding hydrogens is 226 g/mol. The number of methoxy groups -OCH3 is 1. The quantitative estimate of drug-likeness (QED) is 0.634. The first-order valence-corrected chi connectivity index (χ1v) is 6.18. The molecule has 0 saturated carbocycles. The van der Waals surface area contributed by atoms with Crippen LogP contribution in [0.4, 0.5) is 0 Å². The Hall–Kier alpha value is -0.460. The van der Waals surface area contributed by atoms with Crippen LogP contribution in [0.15, 0.2) is 17.5 Å². The smallest absolute Gasteiger partial charge is 0.0897 e. The molecule has 1 unspecified atom stereocenters. The van der Waals surface area contributed by atoms with E-state index in [2.05, 4.69) is 11.4 Å². The Kier molecular flexibility index (Phi) is 7.37. The molecule has 4 nitrogen and oxygen atoms in total. The number of nitrogens with one attached hydrogen (secondary N) is 1. The zero-order valence-corrected chi connectivity index (χ0v) is 10.3. The molecule has 16 heavy (non-hydrogen) atoms. The first-order chi connectivity index (χ1) is 7.83. The van der Waals surface area contributed by atoms with E-state index >= 15 is 0 Å². The van der Waals surface area contributed by atoms with Crippen molar-refractivity contribution < 1.29 is 14.6 Å². The standard InChI is InChI=1S/C11H19NO3S/c1-14-4-5-15-9-10(13)7-12-8-11-3-2-6-16-11/h2-3,6,10,12-13H,4-5,7-9H2,1H3. The van der Waals surface area contributed by atoms with Gasteiger partial charge in [0.05, 0.1) is 25.9 Å². The van der Waals surface area contributed by atoms with Crippen LogP contribution in [0.5, 0.6) is 0 Å². The second kappa shape index (κ2) is 8.66. The second-order valence-electron chi connectivity index (χ2n) is 3.43. The van der Waals surface area contributed by atoms with Gasteiger partial charge in [-0.2, -0.15) is 0 Å². The first kappa shape index (κ1) is 13.6. The number of aliphatic hydroxyl groups is 1. The number of aliphatic hydroxyl groups excluding tert-OH is 1. The lowest BCUT2D eigenvalue weighted by atomic mass is 10.3. The molecule has 0 aliphatic rings. The van der Waals surface area contributed by atoms with Crippen molar-refractivity contribution in [2.75, 3.05) is 33.5 Å². The Labute approximate surface area is 100 Å². The molecule has 0 bridgehead atoms. The van der Waals surface area contributed by atoms with E-state index in [0.717, 1.165) is 6.54 Å². The Balaban J connectivity index is 1.95. The number of rotatable bonds is 9. The van der Waals surface area contributed by atoms with E-state index in [-0.39, 0.29) is 0 Å². The van der Waals surface area contributed by atoms with Crippen LogP contribution in [-0.4, -0.2) is 44.7 Å². The van der Waals surface area contributed by atoms with Crippen LogP contribution in [0, 0.1) is 0 Å². The summed E-state index contributed by atoms with van der Waals surface area (Å²) in [6, 6.07) is 4.09. The van der Waals surface area contributed by atoms with Gasteiger partial charge in [-0.3, -0.25) is 0 Å². The van der Waals surface area contributed by atoms with Gasteiger partial charge in [0, 0.05) is 25.1 Å². The van der Waals surface area contributed by atoms with Gasteiger partial charge in [-0.05, 0) is 11.4 Å². The highest BCUT2D eigenvalue weighted by Crippen LogP contribution is 2.07. The van der Waals surface area contributed by atoms with E-state index in [1.807, 2.05) is 11.4 Å². The topological polar surface area (TPSA) is 50.7 Å². The molecule has 0 aliphatic carbocycles. The first-order valence-electron chi connectivity index (χ1n) is 5.30. The summed E-state index contributed by atoms with van der Waals surface area (Å²) in [6.07, 6.45) is -0.461. The highest BCUT2D eigenvalue weighted by atomic mass is 32.1. The summed E-state index contributed by atoms with van der Waals surface area (Å²) < 4.78 is 10.0. The van der Waals surface area contributed by atoms with Crippen molar-refractivity contribution in [2.24, 2.45) is 0 Å². The summed E-state index contributed by atoms with van der Waals surface area (Å²) in [5.41, 5.74) is 0. The lowest BCUT2D eigenvalue weighted by molar-refractivity contribution is 0.0137. The van der Waals surface area contributed by atoms with Gasteiger partial charge in [0.1, 0.15) is 0 Å². The maximum atomic E-state index is 9.55. The summed E-state index contributed by atoms with van der Waals surface area (Å²) in [5.74, 6) is 0. The fourth-order valence-corrected chi connectivity index (χ4v) is 1.87. The highest BCUT2D eigenvalue weighted by molar-refractivity contribution is 7.09. The molecule has 0 spiro atoms. The van der Waals surface area contributed by atoms with E-state index in [1.165, 1.54) is 4.88 Å². The molecule has 1 atom stereocenters. The van der Waals surface area contributed by atoms with Crippen LogP contribution in [0.25, 0.3) is 0 Å². The van der Waals surface area contributed by atoms with E-state index < -0.39 is 6.10 Å². The molecule has 1 aromatic rings. The van der Waals surface area contributed by atoms with Gasteiger partial charge >= 0.3 is 0 Å². The van der Waals surface area contributed by atoms with Crippen LogP contribution in [0.1, 0.15) is 4.88 Å². The van der Waals surface area contributed by atoms with E-state index in [1.54, 1.807) is 18.4 Å². The predicted octanol–water partition coefficient (Wildman–Crippen LogP) is 0.862. The van der Waals surface area contributed by atoms with Crippen molar-refractivity contribution in [3.63, 3.8) is 0 Å². The third-order valence-corrected chi connectivity index (χ3v) is 2.88. The fourth-order valence-electron chi connectivity index (χ4n) is 1.20. The maximum absolute atomic E-state index is 9.55. The van der Waals surface area contributed by atoms with E-state index in [0.29, 0.717) is 26.4 Å². The molecule has 0 fully saturated rings. The molecule has 2 N–H and O–H groups in total. The minimum atomic E-state index is -0.461. The van der Waals surface area contributed by atoms with Gasteiger partial charge in [0.15, 0.2) is 0 Å². The summed E-state index contributed by atoms with van der Waals surface area (Å²) in [5, 5.41) is 14.8. The number of hydrogen-bond acceptors (Lipinski definition) is 5. The average molecular weight is 245 g/mol. The van der Waals surface area contributed by atoms with Crippen LogP contribution in [-0.2, 0) is 16.0 Å². The predicted molar refractivity (Wildman–Crippen MR) is 64.7 cm³/mol. The van der Waals surface area contributed by atoms with Crippen LogP contribution in [0.3, 0.4) is 0 Å². The summed E-state index contributed by atoms with van der Waals surface area (Å²) in [7, 11) is 1.63. The lowest BCUT2D eigenvalue weighted by Gasteiger charge is -2.11. The van der Waals surface area contributed by atoms with Crippen molar-refractivity contribution in [1.82, 2.24) is 5.32 Å². The van der Waals surface area contributed by atoms with Crippen molar-refractivity contribution >= 4 is 11.3 Å². The van der Waals surface area contributed by atoms with Gasteiger partial charge in [-0.15, -0.1) is 11.3 Å². The molecule has 1 aromatic heterocycles. The van der Waals surface area contributed by atoms with Gasteiger partial charge in [0.2, 0.25) is 0 Å². The summed E-state index contributed by atoms with van der Waals surface area (Å²) in [6.45, 7) is 2.78. The number of thiophene rings is 1. The molecule has 0 radical (unpaired) electrons. The van der Waals surface area contributed by atoms with Crippen molar-refractivity contribution in [2.45, 2.75) is 12.6 Å². The zero-order chi connectivity index (χ0) is 11.6. The molecule has 0 aliphatic heterocycles.